The van der Waals surface area contributed by atoms with Crippen LogP contribution in [0, 0.1) is 0 Å². The van der Waals surface area contributed by atoms with Gasteiger partial charge in [0.25, 0.3) is 11.5 Å². The van der Waals surface area contributed by atoms with Crippen molar-refractivity contribution in [2.24, 2.45) is 7.05 Å². The van der Waals surface area contributed by atoms with E-state index < -0.39 is 11.2 Å². The lowest BCUT2D eigenvalue weighted by Crippen LogP contribution is -2.38. The molecule has 0 bridgehead atoms. The molecule has 2 aromatic carbocycles. The van der Waals surface area contributed by atoms with E-state index >= 15 is 0 Å². The number of benzene rings is 2. The van der Waals surface area contributed by atoms with Crippen LogP contribution in [0.4, 0.5) is 0 Å². The topological polar surface area (TPSA) is 95.2 Å². The summed E-state index contributed by atoms with van der Waals surface area (Å²) in [5.41, 5.74) is 1.72. The fourth-order valence-corrected chi connectivity index (χ4v) is 3.61. The van der Waals surface area contributed by atoms with Crippen LogP contribution in [0.15, 0.2) is 82.7 Å². The molecule has 0 aliphatic heterocycles. The lowest BCUT2D eigenvalue weighted by molar-refractivity contribution is 0.0951. The summed E-state index contributed by atoms with van der Waals surface area (Å²) >= 11 is 0. The molecule has 1 amide bonds. The van der Waals surface area contributed by atoms with Crippen LogP contribution in [0.5, 0.6) is 5.75 Å². The van der Waals surface area contributed by atoms with Crippen molar-refractivity contribution < 1.29 is 9.53 Å². The number of allylic oxidation sites excluding steroid dienone is 1. The molecule has 8 nitrogen and oxygen atoms in total. The van der Waals surface area contributed by atoms with Gasteiger partial charge in [-0.3, -0.25) is 23.7 Å². The highest BCUT2D eigenvalue weighted by atomic mass is 16.5. The molecule has 0 aliphatic rings. The van der Waals surface area contributed by atoms with Crippen molar-refractivity contribution in [3.63, 3.8) is 0 Å². The zero-order valence-corrected chi connectivity index (χ0v) is 18.9. The number of hydrogen-bond donors (Lipinski definition) is 1. The molecule has 0 aliphatic carbocycles. The molecular formula is C26H24N4O4. The zero-order chi connectivity index (χ0) is 24.1. The van der Waals surface area contributed by atoms with Crippen molar-refractivity contribution in [2.45, 2.75) is 13.1 Å². The Bertz CT molecular complexity index is 1470. The summed E-state index contributed by atoms with van der Waals surface area (Å²) in [6, 6.07) is 15.8. The van der Waals surface area contributed by atoms with Gasteiger partial charge in [0.15, 0.2) is 0 Å². The summed E-state index contributed by atoms with van der Waals surface area (Å²) < 4.78 is 7.70. The van der Waals surface area contributed by atoms with Crippen LogP contribution in [-0.2, 0) is 20.1 Å². The molecule has 34 heavy (non-hydrogen) atoms. The molecule has 0 fully saturated rings. The zero-order valence-electron chi connectivity index (χ0n) is 18.9. The molecule has 0 radical (unpaired) electrons. The number of aromatic nitrogens is 3. The van der Waals surface area contributed by atoms with Gasteiger partial charge in [-0.2, -0.15) is 0 Å². The van der Waals surface area contributed by atoms with E-state index in [9.17, 15) is 14.4 Å². The monoisotopic (exact) mass is 456 g/mol. The third kappa shape index (κ3) is 4.80. The van der Waals surface area contributed by atoms with Crippen LogP contribution in [0.25, 0.3) is 17.0 Å². The number of fused-ring (bicyclic) bond motifs is 1. The first-order valence-electron chi connectivity index (χ1n) is 10.7. The molecule has 0 atom stereocenters. The molecule has 172 valence electrons. The van der Waals surface area contributed by atoms with Crippen molar-refractivity contribution in [3.8, 4) is 5.75 Å². The lowest BCUT2D eigenvalue weighted by Gasteiger charge is -2.11. The van der Waals surface area contributed by atoms with Gasteiger partial charge in [0.1, 0.15) is 5.75 Å². The maximum Gasteiger partial charge on any atom is 0.331 e. The van der Waals surface area contributed by atoms with Crippen molar-refractivity contribution in [1.82, 2.24) is 19.4 Å². The maximum absolute atomic E-state index is 13.1. The normalized spacial score (nSPS) is 11.1. The third-order valence-corrected chi connectivity index (χ3v) is 5.51. The van der Waals surface area contributed by atoms with Crippen molar-refractivity contribution >= 4 is 22.9 Å². The van der Waals surface area contributed by atoms with Crippen LogP contribution in [0.1, 0.15) is 21.5 Å². The number of aryl methyl sites for hydroxylation is 1. The van der Waals surface area contributed by atoms with Crippen molar-refractivity contribution in [1.29, 1.82) is 0 Å². The predicted molar refractivity (Wildman–Crippen MR) is 131 cm³/mol. The number of nitrogens with one attached hydrogen (secondary N) is 1. The summed E-state index contributed by atoms with van der Waals surface area (Å²) in [4.78, 5) is 42.7. The van der Waals surface area contributed by atoms with E-state index in [1.807, 2.05) is 36.4 Å². The number of ether oxygens (including phenoxy) is 1. The second kappa shape index (κ2) is 9.99. The number of carbonyl (C=O) groups is 1. The Balaban J connectivity index is 1.59. The van der Waals surface area contributed by atoms with Crippen LogP contribution in [0.3, 0.4) is 0 Å². The lowest BCUT2D eigenvalue weighted by atomic mass is 10.1. The Labute approximate surface area is 195 Å². The molecule has 4 rings (SSSR count). The SMILES string of the molecule is COc1ccc(CNC(=O)c2ccc3c(c2)c(=O)n(C/C=C/c2cccnc2)c(=O)n3C)cc1. The minimum atomic E-state index is -0.446. The Hall–Kier alpha value is -4.46. The summed E-state index contributed by atoms with van der Waals surface area (Å²) in [6.45, 7) is 0.432. The number of pyridine rings is 1. The van der Waals surface area contributed by atoms with Gasteiger partial charge in [-0.05, 0) is 47.5 Å². The maximum atomic E-state index is 13.1. The van der Waals surface area contributed by atoms with Crippen LogP contribution >= 0.6 is 0 Å². The van der Waals surface area contributed by atoms with E-state index in [1.165, 1.54) is 10.6 Å². The van der Waals surface area contributed by atoms with Gasteiger partial charge in [-0.1, -0.05) is 30.4 Å². The highest BCUT2D eigenvalue weighted by Crippen LogP contribution is 2.13. The predicted octanol–water partition coefficient (Wildman–Crippen LogP) is 2.75. The Morgan fingerprint density at radius 2 is 1.91 bits per heavy atom. The van der Waals surface area contributed by atoms with Crippen LogP contribution in [-0.4, -0.2) is 27.1 Å². The fourth-order valence-electron chi connectivity index (χ4n) is 3.61. The van der Waals surface area contributed by atoms with Gasteiger partial charge in [0, 0.05) is 38.1 Å². The highest BCUT2D eigenvalue weighted by molar-refractivity contribution is 5.97. The second-order valence-electron chi connectivity index (χ2n) is 7.71. The molecule has 8 heteroatoms. The Kier molecular flexibility index (Phi) is 6.68. The molecule has 0 saturated carbocycles. The molecule has 2 heterocycles. The molecule has 0 unspecified atom stereocenters. The molecular weight excluding hydrogens is 432 g/mol. The van der Waals surface area contributed by atoms with E-state index in [2.05, 4.69) is 10.3 Å². The van der Waals surface area contributed by atoms with E-state index in [0.717, 1.165) is 21.4 Å². The van der Waals surface area contributed by atoms with Crippen LogP contribution in [0.2, 0.25) is 0 Å². The van der Waals surface area contributed by atoms with Gasteiger partial charge in [0.2, 0.25) is 0 Å². The number of methoxy groups -OCH3 is 1. The summed E-state index contributed by atoms with van der Waals surface area (Å²) in [5.74, 6) is 0.427. The third-order valence-electron chi connectivity index (χ3n) is 5.51. The minimum Gasteiger partial charge on any atom is -0.497 e. The van der Waals surface area contributed by atoms with Crippen molar-refractivity contribution in [3.05, 3.63) is 111 Å². The first-order valence-corrected chi connectivity index (χ1v) is 10.7. The molecule has 4 aromatic rings. The van der Waals surface area contributed by atoms with Gasteiger partial charge >= 0.3 is 5.69 Å². The largest absolute Gasteiger partial charge is 0.497 e. The first-order chi connectivity index (χ1) is 16.5. The standard InChI is InChI=1S/C26H24N4O4/c1-29-23-12-9-20(24(31)28-17-19-7-10-21(34-2)11-8-19)15-22(23)25(32)30(26(29)33)14-4-6-18-5-3-13-27-16-18/h3-13,15-16H,14,17H2,1-2H3,(H,28,31)/b6-4+. The number of rotatable bonds is 7. The number of nitrogens with zero attached hydrogens (tertiary/aromatic N) is 3. The van der Waals surface area contributed by atoms with Gasteiger partial charge in [0.05, 0.1) is 18.0 Å². The van der Waals surface area contributed by atoms with Gasteiger partial charge in [-0.15, -0.1) is 0 Å². The van der Waals surface area contributed by atoms with E-state index in [4.69, 9.17) is 4.74 Å². The van der Waals surface area contributed by atoms with E-state index in [-0.39, 0.29) is 12.5 Å². The Morgan fingerprint density at radius 1 is 1.12 bits per heavy atom. The number of hydrogen-bond acceptors (Lipinski definition) is 5. The average Bonchev–Trinajstić information content (AvgIpc) is 2.88. The van der Waals surface area contributed by atoms with Crippen LogP contribution < -0.4 is 21.3 Å². The quantitative estimate of drug-likeness (QED) is 0.461. The average molecular weight is 457 g/mol. The first kappa shape index (κ1) is 22.7. The summed E-state index contributed by atoms with van der Waals surface area (Å²) in [7, 11) is 3.20. The van der Waals surface area contributed by atoms with E-state index in [1.54, 1.807) is 50.8 Å². The number of carbonyl (C=O) groups excluding carboxylic acids is 1. The van der Waals surface area contributed by atoms with Gasteiger partial charge in [-0.25, -0.2) is 4.79 Å². The van der Waals surface area contributed by atoms with E-state index in [0.29, 0.717) is 23.0 Å². The molecule has 0 spiro atoms. The fraction of sp³-hybridized carbons (Fsp3) is 0.154. The number of amides is 1. The van der Waals surface area contributed by atoms with Gasteiger partial charge < -0.3 is 10.1 Å². The van der Waals surface area contributed by atoms with Crippen molar-refractivity contribution in [2.75, 3.05) is 7.11 Å². The minimum absolute atomic E-state index is 0.101. The molecule has 1 N–H and O–H groups in total. The Morgan fingerprint density at radius 3 is 2.62 bits per heavy atom. The summed E-state index contributed by atoms with van der Waals surface area (Å²) in [5, 5.41) is 3.16. The smallest absolute Gasteiger partial charge is 0.331 e. The second-order valence-corrected chi connectivity index (χ2v) is 7.71. The molecule has 0 saturated heterocycles. The summed E-state index contributed by atoms with van der Waals surface area (Å²) in [6.07, 6.45) is 6.89. The molecule has 2 aromatic heterocycles. The highest BCUT2D eigenvalue weighted by Gasteiger charge is 2.13.